The zero-order chi connectivity index (χ0) is 72.0. The van der Waals surface area contributed by atoms with Gasteiger partial charge in [0.1, 0.15) is 23.2 Å². The maximum atomic E-state index is 12.7. The molecular formula is C80H59F4N7O9. The van der Waals surface area contributed by atoms with Crippen LogP contribution in [0.4, 0.5) is 40.8 Å². The van der Waals surface area contributed by atoms with Gasteiger partial charge in [-0.05, 0) is 210 Å². The van der Waals surface area contributed by atoms with E-state index >= 15 is 0 Å². The molecule has 2 aliphatic carbocycles. The molecule has 2 fully saturated rings. The zero-order valence-corrected chi connectivity index (χ0v) is 53.4. The van der Waals surface area contributed by atoms with Gasteiger partial charge in [0.05, 0.1) is 31.3 Å². The fourth-order valence-electron chi connectivity index (χ4n) is 8.76. The molecule has 0 bridgehead atoms. The van der Waals surface area contributed by atoms with Gasteiger partial charge in [0, 0.05) is 119 Å². The number of carbonyl (C=O) groups excluding carboxylic acids is 1. The third kappa shape index (κ3) is 30.0. The highest BCUT2D eigenvalue weighted by molar-refractivity contribution is 5.86. The molecule has 16 nitrogen and oxygen atoms in total. The number of anilines is 4. The summed E-state index contributed by atoms with van der Waals surface area (Å²) in [6, 6.07) is 26.1. The Morgan fingerprint density at radius 1 is 0.490 bits per heavy atom. The summed E-state index contributed by atoms with van der Waals surface area (Å²) in [5.74, 6) is 64.9. The molecule has 4 aromatic carbocycles. The third-order valence-corrected chi connectivity index (χ3v) is 13.6. The fourth-order valence-corrected chi connectivity index (χ4v) is 8.76. The quantitative estimate of drug-likeness (QED) is 0.0295. The lowest BCUT2D eigenvalue weighted by Crippen LogP contribution is -2.28. The van der Waals surface area contributed by atoms with Gasteiger partial charge in [-0.15, -0.1) is 6.42 Å². The number of aliphatic hydroxyl groups is 4. The number of alkyl halides is 4. The summed E-state index contributed by atoms with van der Waals surface area (Å²) in [4.78, 5) is 40.8. The molecule has 2 aliphatic rings. The minimum absolute atomic E-state index is 0.0264. The van der Waals surface area contributed by atoms with Gasteiger partial charge in [0.2, 0.25) is 11.9 Å². The molecule has 0 radical (unpaired) electrons. The summed E-state index contributed by atoms with van der Waals surface area (Å²) >= 11 is 0. The van der Waals surface area contributed by atoms with Gasteiger partial charge in [-0.1, -0.05) is 60.9 Å². The number of nitrogens with zero attached hydrogens (tertiary/aromatic N) is 4. The second-order valence-corrected chi connectivity index (χ2v) is 20.3. The molecule has 0 saturated heterocycles. The minimum Gasteiger partial charge on any atom is -0.481 e. The lowest BCUT2D eigenvalue weighted by atomic mass is 9.88. The number of halogens is 4. The summed E-state index contributed by atoms with van der Waals surface area (Å²) < 4.78 is 57.6. The lowest BCUT2D eigenvalue weighted by molar-refractivity contribution is -0.139. The first-order valence-corrected chi connectivity index (χ1v) is 30.1. The number of nitrogens with two attached hydrogens (primary N) is 1. The second-order valence-electron chi connectivity index (χ2n) is 20.3. The number of nitrogens with one attached hydrogen (secondary N) is 2. The van der Waals surface area contributed by atoms with Crippen molar-refractivity contribution in [3.8, 4) is 200 Å². The molecule has 9 N–H and O–H groups in total. The number of aliphatic hydroxyl groups excluding tert-OH is 4. The number of aliphatic carboxylic acids is 1. The van der Waals surface area contributed by atoms with E-state index in [1.807, 2.05) is 0 Å². The standard InChI is InChI=1S/C29H4.C26H27F2N3O4.C20H17F2N3O4.C5H11NO/c1-3-5-7-9-11-13-15-17-19-21-23-25-27-29-28-26-24-22-20-18-16-14-12-10-8-6-4-2;27-25(28)35-21-10-6-16(7-11-21)19-13-29-26(30-14-19)31-20-8-4-17(5-9-20)22(15-32)24(34)12-18-2-1-3-23(18)33;21-19(22)29-16-7-3-12(4-8-16)14-9-23-20(24-10-14)25-15-5-1-13(2-6-15)17(11-26)18(27)28;6-4-2-1-3-5(4)7/h1H,2H3;4-11,13-14,18,22-23,25,32-33H,1-3,12,15H2,(H,29,30,31);1-10,17,19,26H,11H2,(H,27,28)(H,23,24,25);4-5,7H,1-3,6H2/t;18-,22-,23-;17-;4-,5+/m.110/s1. The van der Waals surface area contributed by atoms with Gasteiger partial charge >= 0.3 is 19.2 Å². The van der Waals surface area contributed by atoms with Crippen molar-refractivity contribution in [2.45, 2.75) is 95.2 Å². The molecule has 496 valence electrons. The van der Waals surface area contributed by atoms with Crippen LogP contribution in [0.1, 0.15) is 74.8 Å². The first-order chi connectivity index (χ1) is 48.6. The van der Waals surface area contributed by atoms with Gasteiger partial charge < -0.3 is 51.4 Å². The van der Waals surface area contributed by atoms with E-state index in [0.29, 0.717) is 45.5 Å². The van der Waals surface area contributed by atoms with Crippen LogP contribution in [0.3, 0.4) is 0 Å². The molecule has 0 amide bonds. The zero-order valence-electron chi connectivity index (χ0n) is 53.4. The Labute approximate surface area is 578 Å². The highest BCUT2D eigenvalue weighted by atomic mass is 19.3. The number of Topliss-reactive ketones (excluding diaryl/α,β-unsaturated/α-hetero) is 1. The SMILES string of the molecule is C#CC#CC#CC#CC#CC#CC#CC#CC#CC#CC#CC#CC#CC#CC.N[C@H]1CCC[C@H]1O.O=C(C[C@H]1CCC[C@H]1O)[C@H](CO)c1ccc(Nc2ncc(-c3ccc(OC(F)F)cc3)cn2)cc1.O=C(O)[C@H](CO)c1ccc(Nc2ncc(-c3ccc(OC(F)F)cc3)cn2)cc1. The summed E-state index contributed by atoms with van der Waals surface area (Å²) in [6.07, 6.45) is 16.4. The maximum absolute atomic E-state index is 12.7. The highest BCUT2D eigenvalue weighted by Crippen LogP contribution is 2.32. The molecule has 100 heavy (non-hydrogen) atoms. The number of carboxylic acid groups (broad SMARTS) is 1. The van der Waals surface area contributed by atoms with Crippen molar-refractivity contribution in [3.05, 3.63) is 133 Å². The summed E-state index contributed by atoms with van der Waals surface area (Å²) in [5, 5.41) is 53.0. The van der Waals surface area contributed by atoms with Crippen LogP contribution < -0.4 is 25.8 Å². The third-order valence-electron chi connectivity index (χ3n) is 13.6. The molecule has 6 aromatic rings. The average molecular weight is 1340 g/mol. The van der Waals surface area contributed by atoms with Crippen LogP contribution in [0.15, 0.2) is 122 Å². The Morgan fingerprint density at radius 2 is 0.830 bits per heavy atom. The second kappa shape index (κ2) is 45.2. The Balaban J connectivity index is 0.000000258. The Hall–Kier alpha value is -13.3. The number of terminal acetylenes is 1. The van der Waals surface area contributed by atoms with Crippen molar-refractivity contribution in [2.24, 2.45) is 11.7 Å². The first kappa shape index (κ1) is 77.4. The smallest absolute Gasteiger partial charge is 0.387 e. The van der Waals surface area contributed by atoms with Crippen LogP contribution in [0.2, 0.25) is 0 Å². The molecule has 2 saturated carbocycles. The number of ketones is 1. The summed E-state index contributed by atoms with van der Waals surface area (Å²) in [5.41, 5.74) is 10.9. The molecule has 8 rings (SSSR count). The van der Waals surface area contributed by atoms with Gasteiger partial charge in [0.25, 0.3) is 0 Å². The lowest BCUT2D eigenvalue weighted by Gasteiger charge is -2.18. The number of carbonyl (C=O) groups is 2. The molecule has 6 atom stereocenters. The maximum Gasteiger partial charge on any atom is 0.387 e. The molecular weight excluding hydrogens is 1280 g/mol. The largest absolute Gasteiger partial charge is 0.481 e. The van der Waals surface area contributed by atoms with Gasteiger partial charge in [-0.2, -0.15) is 17.6 Å². The van der Waals surface area contributed by atoms with Crippen LogP contribution in [0.5, 0.6) is 11.5 Å². The Kier molecular flexibility index (Phi) is 35.0. The number of hydrogen-bond acceptors (Lipinski definition) is 15. The van der Waals surface area contributed by atoms with E-state index < -0.39 is 43.7 Å². The molecule has 2 heterocycles. The van der Waals surface area contributed by atoms with E-state index in [2.05, 4.69) is 200 Å². The number of hydrogen-bond donors (Lipinski definition) is 8. The van der Waals surface area contributed by atoms with Gasteiger partial charge in [0.15, 0.2) is 0 Å². The normalized spacial score (nSPS) is 13.9. The van der Waals surface area contributed by atoms with E-state index in [9.17, 15) is 42.5 Å². The van der Waals surface area contributed by atoms with E-state index in [4.69, 9.17) is 22.4 Å². The number of ether oxygens (including phenoxy) is 2. The van der Waals surface area contributed by atoms with Crippen LogP contribution in [0, 0.1) is 172 Å². The number of carboxylic acids is 1. The van der Waals surface area contributed by atoms with Gasteiger partial charge in [-0.25, -0.2) is 19.9 Å². The van der Waals surface area contributed by atoms with Crippen LogP contribution >= 0.6 is 0 Å². The average Bonchev–Trinajstić information content (AvgIpc) is 1.07. The van der Waals surface area contributed by atoms with Crippen molar-refractivity contribution in [1.82, 2.24) is 19.9 Å². The van der Waals surface area contributed by atoms with E-state index in [1.165, 1.54) is 24.3 Å². The van der Waals surface area contributed by atoms with E-state index in [1.54, 1.807) is 105 Å². The van der Waals surface area contributed by atoms with E-state index in [-0.39, 0.29) is 48.4 Å². The predicted octanol–water partition coefficient (Wildman–Crippen LogP) is 8.88. The summed E-state index contributed by atoms with van der Waals surface area (Å²) in [7, 11) is 0. The van der Waals surface area contributed by atoms with Gasteiger partial charge in [-0.3, -0.25) is 9.59 Å². The van der Waals surface area contributed by atoms with Crippen molar-refractivity contribution >= 4 is 35.0 Å². The molecule has 20 heteroatoms. The highest BCUT2D eigenvalue weighted by Gasteiger charge is 2.30. The number of rotatable bonds is 18. The first-order valence-electron chi connectivity index (χ1n) is 30.1. The van der Waals surface area contributed by atoms with Crippen LogP contribution in [-0.4, -0.2) is 102 Å². The molecule has 0 spiro atoms. The summed E-state index contributed by atoms with van der Waals surface area (Å²) in [6.45, 7) is -4.82. The van der Waals surface area contributed by atoms with Crippen LogP contribution in [-0.2, 0) is 9.59 Å². The fraction of sp³-hybridized carbons (Fsp3) is 0.225. The molecule has 0 aliphatic heterocycles. The predicted molar refractivity (Wildman–Crippen MR) is 371 cm³/mol. The van der Waals surface area contributed by atoms with Crippen molar-refractivity contribution in [3.63, 3.8) is 0 Å². The topological polar surface area (TPSA) is 255 Å². The Bertz CT molecular complexity index is 4670. The number of aromatic nitrogens is 4. The van der Waals surface area contributed by atoms with Crippen molar-refractivity contribution in [1.29, 1.82) is 0 Å². The molecule has 0 unspecified atom stereocenters. The number of benzene rings is 4. The van der Waals surface area contributed by atoms with E-state index in [0.717, 1.165) is 49.7 Å². The van der Waals surface area contributed by atoms with Crippen molar-refractivity contribution < 1.29 is 62.2 Å². The minimum atomic E-state index is -2.87. The molecule has 2 aromatic heterocycles. The van der Waals surface area contributed by atoms with Crippen molar-refractivity contribution in [2.75, 3.05) is 23.8 Å². The monoisotopic (exact) mass is 1340 g/mol. The van der Waals surface area contributed by atoms with Crippen LogP contribution in [0.25, 0.3) is 22.3 Å². The Morgan fingerprint density at radius 3 is 1.11 bits per heavy atom.